The molecule has 1 amide bonds. The number of pyridine rings is 2. The predicted octanol–water partition coefficient (Wildman–Crippen LogP) is 4.05. The van der Waals surface area contributed by atoms with Gasteiger partial charge in [-0.25, -0.2) is 19.4 Å². The molecule has 0 fully saturated rings. The van der Waals surface area contributed by atoms with Gasteiger partial charge in [0, 0.05) is 11.6 Å². The molecule has 5 rings (SSSR count). The third kappa shape index (κ3) is 4.09. The molecule has 0 aliphatic rings. The Kier molecular flexibility index (Phi) is 5.99. The summed E-state index contributed by atoms with van der Waals surface area (Å²) in [5.41, 5.74) is 2.78. The van der Waals surface area contributed by atoms with Gasteiger partial charge in [0.1, 0.15) is 5.56 Å². The predicted molar refractivity (Wildman–Crippen MR) is 134 cm³/mol. The summed E-state index contributed by atoms with van der Waals surface area (Å²) in [5.74, 6) is 0.141. The van der Waals surface area contributed by atoms with Crippen LogP contribution in [0.25, 0.3) is 22.5 Å². The van der Waals surface area contributed by atoms with E-state index in [-0.39, 0.29) is 18.0 Å². The number of aromatic nitrogens is 6. The van der Waals surface area contributed by atoms with E-state index in [1.54, 1.807) is 36.9 Å². The van der Waals surface area contributed by atoms with Crippen LogP contribution < -0.4 is 5.32 Å². The molecule has 0 spiro atoms. The Morgan fingerprint density at radius 3 is 2.47 bits per heavy atom. The van der Waals surface area contributed by atoms with E-state index in [4.69, 9.17) is 9.72 Å². The maximum atomic E-state index is 13.4. The SMILES string of the molecule is CCOC(=O)c1cnn(-c2cc(C)c3ccccc3n2)c1NC(=O)c1cnn(-c2ccccn2)c1C. The molecular weight excluding hydrogens is 458 g/mol. The van der Waals surface area contributed by atoms with E-state index in [0.29, 0.717) is 22.9 Å². The van der Waals surface area contributed by atoms with Gasteiger partial charge >= 0.3 is 5.97 Å². The number of esters is 1. The number of nitrogens with one attached hydrogen (secondary N) is 1. The molecule has 0 radical (unpaired) electrons. The van der Waals surface area contributed by atoms with Crippen LogP contribution in [0.15, 0.2) is 67.1 Å². The Morgan fingerprint density at radius 2 is 1.69 bits per heavy atom. The van der Waals surface area contributed by atoms with Crippen LogP contribution in [0.1, 0.15) is 38.9 Å². The second-order valence-electron chi connectivity index (χ2n) is 8.05. The molecule has 10 heteroatoms. The molecule has 0 aliphatic carbocycles. The number of rotatable bonds is 6. The van der Waals surface area contributed by atoms with E-state index in [9.17, 15) is 9.59 Å². The van der Waals surface area contributed by atoms with Gasteiger partial charge in [0.2, 0.25) is 0 Å². The number of anilines is 1. The van der Waals surface area contributed by atoms with Gasteiger partial charge in [-0.2, -0.15) is 14.9 Å². The van der Waals surface area contributed by atoms with Crippen molar-refractivity contribution < 1.29 is 14.3 Å². The van der Waals surface area contributed by atoms with Gasteiger partial charge in [-0.15, -0.1) is 0 Å². The van der Waals surface area contributed by atoms with Crippen molar-refractivity contribution in [2.45, 2.75) is 20.8 Å². The summed E-state index contributed by atoms with van der Waals surface area (Å²) >= 11 is 0. The summed E-state index contributed by atoms with van der Waals surface area (Å²) in [6.07, 6.45) is 4.48. The minimum absolute atomic E-state index is 0.118. The lowest BCUT2D eigenvalue weighted by molar-refractivity contribution is 0.0527. The molecule has 1 aromatic carbocycles. The van der Waals surface area contributed by atoms with E-state index in [1.165, 1.54) is 17.1 Å². The highest BCUT2D eigenvalue weighted by molar-refractivity contribution is 6.08. The Balaban J connectivity index is 1.56. The van der Waals surface area contributed by atoms with Gasteiger partial charge in [0.05, 0.1) is 35.8 Å². The minimum atomic E-state index is -0.600. The number of para-hydroxylation sites is 1. The lowest BCUT2D eigenvalue weighted by Gasteiger charge is -2.12. The van der Waals surface area contributed by atoms with Gasteiger partial charge in [-0.3, -0.25) is 4.79 Å². The fraction of sp³-hybridized carbons (Fsp3) is 0.154. The highest BCUT2D eigenvalue weighted by Crippen LogP contribution is 2.25. The molecule has 0 atom stereocenters. The Labute approximate surface area is 206 Å². The summed E-state index contributed by atoms with van der Waals surface area (Å²) in [6.45, 7) is 5.64. The molecule has 10 nitrogen and oxygen atoms in total. The van der Waals surface area contributed by atoms with Crippen LogP contribution in [-0.2, 0) is 4.74 Å². The maximum absolute atomic E-state index is 13.4. The van der Waals surface area contributed by atoms with Crippen molar-refractivity contribution in [3.8, 4) is 11.6 Å². The number of amides is 1. The number of hydrogen-bond donors (Lipinski definition) is 1. The molecule has 180 valence electrons. The number of carbonyl (C=O) groups is 2. The van der Waals surface area contributed by atoms with Crippen LogP contribution in [0.3, 0.4) is 0 Å². The van der Waals surface area contributed by atoms with Crippen LogP contribution in [0.5, 0.6) is 0 Å². The van der Waals surface area contributed by atoms with Crippen molar-refractivity contribution in [3.05, 3.63) is 89.5 Å². The van der Waals surface area contributed by atoms with Crippen LogP contribution in [0.2, 0.25) is 0 Å². The first-order valence-corrected chi connectivity index (χ1v) is 11.4. The second-order valence-corrected chi connectivity index (χ2v) is 8.05. The van der Waals surface area contributed by atoms with Gasteiger partial charge in [0.25, 0.3) is 5.91 Å². The molecule has 1 N–H and O–H groups in total. The van der Waals surface area contributed by atoms with Gasteiger partial charge < -0.3 is 10.1 Å². The van der Waals surface area contributed by atoms with Crippen molar-refractivity contribution in [1.29, 1.82) is 0 Å². The highest BCUT2D eigenvalue weighted by atomic mass is 16.5. The van der Waals surface area contributed by atoms with E-state index >= 15 is 0 Å². The summed E-state index contributed by atoms with van der Waals surface area (Å²) in [4.78, 5) is 35.1. The zero-order valence-corrected chi connectivity index (χ0v) is 20.0. The fourth-order valence-corrected chi connectivity index (χ4v) is 3.96. The van der Waals surface area contributed by atoms with Crippen LogP contribution in [0.4, 0.5) is 5.82 Å². The average molecular weight is 482 g/mol. The van der Waals surface area contributed by atoms with E-state index in [0.717, 1.165) is 16.5 Å². The molecule has 0 saturated carbocycles. The summed E-state index contributed by atoms with van der Waals surface area (Å²) in [7, 11) is 0. The lowest BCUT2D eigenvalue weighted by Crippen LogP contribution is -2.19. The zero-order chi connectivity index (χ0) is 25.2. The molecular formula is C26H23N7O3. The smallest absolute Gasteiger partial charge is 0.343 e. The number of ether oxygens (including phenoxy) is 1. The molecule has 36 heavy (non-hydrogen) atoms. The topological polar surface area (TPSA) is 117 Å². The number of carbonyl (C=O) groups excluding carboxylic acids is 2. The van der Waals surface area contributed by atoms with Gasteiger partial charge in [-0.05, 0) is 50.6 Å². The lowest BCUT2D eigenvalue weighted by atomic mass is 10.1. The first kappa shape index (κ1) is 22.9. The molecule has 0 saturated heterocycles. The number of hydrogen-bond acceptors (Lipinski definition) is 7. The van der Waals surface area contributed by atoms with Crippen molar-refractivity contribution in [2.75, 3.05) is 11.9 Å². The molecule has 4 heterocycles. The van der Waals surface area contributed by atoms with Crippen molar-refractivity contribution in [2.24, 2.45) is 0 Å². The van der Waals surface area contributed by atoms with Gasteiger partial charge in [0.15, 0.2) is 17.5 Å². The first-order chi connectivity index (χ1) is 17.5. The zero-order valence-electron chi connectivity index (χ0n) is 20.0. The molecule has 0 bridgehead atoms. The van der Waals surface area contributed by atoms with E-state index in [2.05, 4.69) is 20.5 Å². The molecule has 0 aliphatic heterocycles. The minimum Gasteiger partial charge on any atom is -0.462 e. The number of fused-ring (bicyclic) bond motifs is 1. The van der Waals surface area contributed by atoms with Crippen molar-refractivity contribution in [1.82, 2.24) is 29.5 Å². The van der Waals surface area contributed by atoms with Crippen LogP contribution >= 0.6 is 0 Å². The Hall–Kier alpha value is -4.86. The van der Waals surface area contributed by atoms with Crippen LogP contribution in [0, 0.1) is 13.8 Å². The third-order valence-corrected chi connectivity index (χ3v) is 5.74. The number of nitrogens with zero attached hydrogens (tertiary/aromatic N) is 6. The fourth-order valence-electron chi connectivity index (χ4n) is 3.96. The standard InChI is InChI=1S/C26H23N7O3/c1-4-36-26(35)20-15-29-33(23-13-16(2)18-9-5-6-10-21(18)30-23)24(20)31-25(34)19-14-28-32(17(19)3)22-11-7-8-12-27-22/h5-15H,4H2,1-3H3,(H,31,34). The molecule has 5 aromatic rings. The largest absolute Gasteiger partial charge is 0.462 e. The van der Waals surface area contributed by atoms with E-state index in [1.807, 2.05) is 43.3 Å². The number of aryl methyl sites for hydroxylation is 1. The quantitative estimate of drug-likeness (QED) is 0.364. The maximum Gasteiger partial charge on any atom is 0.343 e. The normalized spacial score (nSPS) is 11.0. The summed E-state index contributed by atoms with van der Waals surface area (Å²) in [6, 6.07) is 15.0. The highest BCUT2D eigenvalue weighted by Gasteiger charge is 2.25. The Morgan fingerprint density at radius 1 is 0.944 bits per heavy atom. The monoisotopic (exact) mass is 481 g/mol. The summed E-state index contributed by atoms with van der Waals surface area (Å²) in [5, 5.41) is 12.5. The number of benzene rings is 1. The second kappa shape index (κ2) is 9.41. The van der Waals surface area contributed by atoms with Crippen LogP contribution in [-0.4, -0.2) is 48.0 Å². The van der Waals surface area contributed by atoms with Gasteiger partial charge in [-0.1, -0.05) is 24.3 Å². The Bertz CT molecular complexity index is 1590. The third-order valence-electron chi connectivity index (χ3n) is 5.74. The molecule has 0 unspecified atom stereocenters. The molecule has 4 aromatic heterocycles. The first-order valence-electron chi connectivity index (χ1n) is 11.4. The summed E-state index contributed by atoms with van der Waals surface area (Å²) < 4.78 is 8.20. The van der Waals surface area contributed by atoms with E-state index < -0.39 is 11.9 Å². The van der Waals surface area contributed by atoms with Crippen molar-refractivity contribution in [3.63, 3.8) is 0 Å². The van der Waals surface area contributed by atoms with Crippen molar-refractivity contribution >= 4 is 28.6 Å². The average Bonchev–Trinajstić information content (AvgIpc) is 3.48.